The number of amides is 1. The molecule has 1 aliphatic rings. The van der Waals surface area contributed by atoms with Crippen LogP contribution in [-0.2, 0) is 4.79 Å². The number of alkyl halides is 3. The van der Waals surface area contributed by atoms with Gasteiger partial charge in [0.15, 0.2) is 0 Å². The van der Waals surface area contributed by atoms with E-state index in [0.717, 1.165) is 13.1 Å². The number of hydrogen-bond donors (Lipinski definition) is 2. The van der Waals surface area contributed by atoms with Crippen LogP contribution in [0.4, 0.5) is 13.2 Å². The Hall–Kier alpha value is -0.820. The molecule has 3 N–H and O–H groups in total. The summed E-state index contributed by atoms with van der Waals surface area (Å²) >= 11 is 0. The van der Waals surface area contributed by atoms with E-state index in [1.54, 1.807) is 0 Å². The topological polar surface area (TPSA) is 58.4 Å². The molecule has 0 heterocycles. The number of halogens is 3. The number of carbonyl (C=O) groups is 1. The molecule has 0 aromatic carbocycles. The average Bonchev–Trinajstić information content (AvgIpc) is 2.43. The number of primary amides is 1. The van der Waals surface area contributed by atoms with Crippen molar-refractivity contribution in [1.29, 1.82) is 0 Å². The van der Waals surface area contributed by atoms with Gasteiger partial charge in [-0.25, -0.2) is 0 Å². The Morgan fingerprint density at radius 3 is 2.48 bits per heavy atom. The number of likely N-dealkylation sites (N-methyl/N-ethyl adjacent to an activating group) is 1. The zero-order valence-electron chi connectivity index (χ0n) is 12.8. The molecule has 2 atom stereocenters. The summed E-state index contributed by atoms with van der Waals surface area (Å²) in [5.41, 5.74) is 4.19. The molecule has 0 bridgehead atoms. The third-order valence-electron chi connectivity index (χ3n) is 4.47. The van der Waals surface area contributed by atoms with Crippen molar-refractivity contribution in [2.24, 2.45) is 11.7 Å². The van der Waals surface area contributed by atoms with E-state index in [0.29, 0.717) is 25.9 Å². The standard InChI is InChI=1S/C14H26F3N3O/c1-3-20(4-2)9-8-19-13(12(18)21)7-5-6-11(10-13)14(15,16)17/h11,19H,3-10H2,1-2H3,(H2,18,21). The highest BCUT2D eigenvalue weighted by Gasteiger charge is 2.49. The molecule has 1 aliphatic carbocycles. The van der Waals surface area contributed by atoms with E-state index in [4.69, 9.17) is 5.73 Å². The van der Waals surface area contributed by atoms with Crippen molar-refractivity contribution >= 4 is 5.91 Å². The Kier molecular flexibility index (Phi) is 6.46. The van der Waals surface area contributed by atoms with Gasteiger partial charge >= 0.3 is 6.18 Å². The molecule has 21 heavy (non-hydrogen) atoms. The highest BCUT2D eigenvalue weighted by atomic mass is 19.4. The van der Waals surface area contributed by atoms with Crippen LogP contribution in [0.3, 0.4) is 0 Å². The monoisotopic (exact) mass is 309 g/mol. The first kappa shape index (κ1) is 18.2. The van der Waals surface area contributed by atoms with Gasteiger partial charge in [0.05, 0.1) is 11.5 Å². The Bertz CT molecular complexity index is 345. The molecule has 0 aliphatic heterocycles. The van der Waals surface area contributed by atoms with Crippen molar-refractivity contribution < 1.29 is 18.0 Å². The summed E-state index contributed by atoms with van der Waals surface area (Å²) in [6, 6.07) is 0. The quantitative estimate of drug-likeness (QED) is 0.755. The lowest BCUT2D eigenvalue weighted by Crippen LogP contribution is -2.60. The van der Waals surface area contributed by atoms with Gasteiger partial charge in [-0.05, 0) is 32.4 Å². The molecule has 7 heteroatoms. The van der Waals surface area contributed by atoms with Crippen molar-refractivity contribution in [3.63, 3.8) is 0 Å². The minimum absolute atomic E-state index is 0.0796. The van der Waals surface area contributed by atoms with E-state index in [1.165, 1.54) is 0 Å². The number of rotatable bonds is 7. The average molecular weight is 309 g/mol. The molecule has 0 aromatic rings. The Morgan fingerprint density at radius 1 is 1.38 bits per heavy atom. The molecule has 1 fully saturated rings. The molecule has 0 aromatic heterocycles. The zero-order valence-corrected chi connectivity index (χ0v) is 12.8. The van der Waals surface area contributed by atoms with E-state index in [1.807, 2.05) is 13.8 Å². The van der Waals surface area contributed by atoms with Gasteiger partial charge in [0, 0.05) is 13.1 Å². The maximum absolute atomic E-state index is 12.9. The number of nitrogens with one attached hydrogen (secondary N) is 1. The second-order valence-corrected chi connectivity index (χ2v) is 5.73. The summed E-state index contributed by atoms with van der Waals surface area (Å²) < 4.78 is 38.8. The lowest BCUT2D eigenvalue weighted by Gasteiger charge is -2.40. The minimum Gasteiger partial charge on any atom is -0.368 e. The van der Waals surface area contributed by atoms with Gasteiger partial charge < -0.3 is 16.0 Å². The van der Waals surface area contributed by atoms with E-state index in [-0.39, 0.29) is 12.8 Å². The summed E-state index contributed by atoms with van der Waals surface area (Å²) in [6.07, 6.45) is -3.68. The van der Waals surface area contributed by atoms with E-state index in [9.17, 15) is 18.0 Å². The van der Waals surface area contributed by atoms with E-state index in [2.05, 4.69) is 10.2 Å². The Balaban J connectivity index is 2.68. The lowest BCUT2D eigenvalue weighted by atomic mass is 9.74. The summed E-state index contributed by atoms with van der Waals surface area (Å²) in [4.78, 5) is 13.9. The first-order chi connectivity index (χ1) is 9.75. The second-order valence-electron chi connectivity index (χ2n) is 5.73. The normalized spacial score (nSPS) is 27.0. The summed E-state index contributed by atoms with van der Waals surface area (Å²) in [6.45, 7) is 6.94. The second kappa shape index (κ2) is 7.45. The van der Waals surface area contributed by atoms with Crippen LogP contribution < -0.4 is 11.1 Å². The number of hydrogen-bond acceptors (Lipinski definition) is 3. The maximum Gasteiger partial charge on any atom is 0.391 e. The maximum atomic E-state index is 12.9. The van der Waals surface area contributed by atoms with Crippen LogP contribution >= 0.6 is 0 Å². The van der Waals surface area contributed by atoms with Crippen molar-refractivity contribution in [1.82, 2.24) is 10.2 Å². The van der Waals surface area contributed by atoms with Gasteiger partial charge in [-0.15, -0.1) is 0 Å². The SMILES string of the molecule is CCN(CC)CCNC1(C(N)=O)CCCC(C(F)(F)F)C1. The summed E-state index contributed by atoms with van der Waals surface area (Å²) in [7, 11) is 0. The van der Waals surface area contributed by atoms with Gasteiger partial charge in [0.25, 0.3) is 0 Å². The molecule has 0 spiro atoms. The molecule has 1 saturated carbocycles. The minimum atomic E-state index is -4.26. The summed E-state index contributed by atoms with van der Waals surface area (Å²) in [5.74, 6) is -2.12. The molecule has 0 saturated heterocycles. The Labute approximate surface area is 124 Å². The third kappa shape index (κ3) is 4.85. The summed E-state index contributed by atoms with van der Waals surface area (Å²) in [5, 5.41) is 3.02. The van der Waals surface area contributed by atoms with Crippen LogP contribution in [0.2, 0.25) is 0 Å². The van der Waals surface area contributed by atoms with Crippen LogP contribution in [0.5, 0.6) is 0 Å². The fourth-order valence-corrected chi connectivity index (χ4v) is 3.02. The zero-order chi connectivity index (χ0) is 16.1. The fourth-order valence-electron chi connectivity index (χ4n) is 3.02. The number of nitrogens with zero attached hydrogens (tertiary/aromatic N) is 1. The molecule has 4 nitrogen and oxygen atoms in total. The number of carbonyl (C=O) groups excluding carboxylic acids is 1. The molecule has 1 rings (SSSR count). The van der Waals surface area contributed by atoms with Crippen LogP contribution in [0, 0.1) is 5.92 Å². The highest BCUT2D eigenvalue weighted by Crippen LogP contribution is 2.41. The first-order valence-electron chi connectivity index (χ1n) is 7.59. The van der Waals surface area contributed by atoms with Gasteiger partial charge in [0.2, 0.25) is 5.91 Å². The van der Waals surface area contributed by atoms with Crippen molar-refractivity contribution in [2.75, 3.05) is 26.2 Å². The smallest absolute Gasteiger partial charge is 0.368 e. The van der Waals surface area contributed by atoms with Gasteiger partial charge in [-0.3, -0.25) is 4.79 Å². The molecule has 0 radical (unpaired) electrons. The molecule has 124 valence electrons. The highest BCUT2D eigenvalue weighted by molar-refractivity contribution is 5.84. The predicted octanol–water partition coefficient (Wildman–Crippen LogP) is 1.89. The molecular formula is C14H26F3N3O. The largest absolute Gasteiger partial charge is 0.391 e. The predicted molar refractivity (Wildman–Crippen MR) is 75.7 cm³/mol. The van der Waals surface area contributed by atoms with Crippen molar-refractivity contribution in [2.45, 2.75) is 51.2 Å². The van der Waals surface area contributed by atoms with E-state index < -0.39 is 23.5 Å². The van der Waals surface area contributed by atoms with Gasteiger partial charge in [-0.2, -0.15) is 13.2 Å². The van der Waals surface area contributed by atoms with Gasteiger partial charge in [-0.1, -0.05) is 20.3 Å². The lowest BCUT2D eigenvalue weighted by molar-refractivity contribution is -0.188. The van der Waals surface area contributed by atoms with Crippen LogP contribution in [0.25, 0.3) is 0 Å². The third-order valence-corrected chi connectivity index (χ3v) is 4.47. The fraction of sp³-hybridized carbons (Fsp3) is 0.929. The first-order valence-corrected chi connectivity index (χ1v) is 7.59. The number of nitrogens with two attached hydrogens (primary N) is 1. The molecular weight excluding hydrogens is 283 g/mol. The van der Waals surface area contributed by atoms with Crippen LogP contribution in [-0.4, -0.2) is 48.7 Å². The van der Waals surface area contributed by atoms with Gasteiger partial charge in [0.1, 0.15) is 0 Å². The van der Waals surface area contributed by atoms with E-state index >= 15 is 0 Å². The molecule has 2 unspecified atom stereocenters. The van der Waals surface area contributed by atoms with Crippen molar-refractivity contribution in [3.05, 3.63) is 0 Å². The van der Waals surface area contributed by atoms with Crippen LogP contribution in [0.15, 0.2) is 0 Å². The van der Waals surface area contributed by atoms with Crippen LogP contribution in [0.1, 0.15) is 39.5 Å². The molecule has 1 amide bonds. The Morgan fingerprint density at radius 2 is 2.00 bits per heavy atom. The van der Waals surface area contributed by atoms with Crippen molar-refractivity contribution in [3.8, 4) is 0 Å².